The molecule has 3 heterocycles. The summed E-state index contributed by atoms with van der Waals surface area (Å²) >= 11 is 0. The van der Waals surface area contributed by atoms with E-state index in [1.165, 1.54) is 12.1 Å². The minimum atomic E-state index is -0.335. The number of hydrogen-bond donors (Lipinski definition) is 1. The van der Waals surface area contributed by atoms with Crippen LogP contribution in [0.4, 0.5) is 16.0 Å². The minimum Gasteiger partial charge on any atom is -0.324 e. The zero-order chi connectivity index (χ0) is 19.8. The lowest BCUT2D eigenvalue weighted by atomic mass is 10.0. The third-order valence-electron chi connectivity index (χ3n) is 5.04. The van der Waals surface area contributed by atoms with E-state index in [1.807, 2.05) is 35.0 Å². The zero-order valence-electron chi connectivity index (χ0n) is 15.5. The van der Waals surface area contributed by atoms with E-state index in [-0.39, 0.29) is 11.4 Å². The van der Waals surface area contributed by atoms with Gasteiger partial charge in [-0.25, -0.2) is 19.0 Å². The molecule has 2 aromatic heterocycles. The van der Waals surface area contributed by atoms with E-state index in [9.17, 15) is 9.18 Å². The lowest BCUT2D eigenvalue weighted by molar-refractivity contribution is 0.599. The Morgan fingerprint density at radius 2 is 1.69 bits per heavy atom. The molecular formula is C22H18FN5O. The second-order valence-electron chi connectivity index (χ2n) is 6.89. The average molecular weight is 387 g/mol. The standard InChI is InChI=1S/C22H18FN5O/c23-16-9-7-15(8-10-16)19-20(27-13-4-14-28(27)21(19)29)18-11-12-24-22(26-18)25-17-5-2-1-3-6-17/h1-3,5-12H,4,13-14H2,(H,24,25,26). The van der Waals surface area contributed by atoms with Gasteiger partial charge in [-0.15, -0.1) is 0 Å². The third kappa shape index (κ3) is 3.10. The van der Waals surface area contributed by atoms with E-state index in [0.29, 0.717) is 29.3 Å². The van der Waals surface area contributed by atoms with Crippen molar-refractivity contribution in [3.05, 3.63) is 83.0 Å². The highest BCUT2D eigenvalue weighted by atomic mass is 19.1. The number of aromatic nitrogens is 4. The molecule has 0 fully saturated rings. The number of benzene rings is 2. The van der Waals surface area contributed by atoms with Crippen molar-refractivity contribution < 1.29 is 4.39 Å². The molecule has 4 aromatic rings. The predicted molar refractivity (Wildman–Crippen MR) is 109 cm³/mol. The molecule has 7 heteroatoms. The monoisotopic (exact) mass is 387 g/mol. The van der Waals surface area contributed by atoms with Gasteiger partial charge in [0.05, 0.1) is 17.0 Å². The van der Waals surface area contributed by atoms with Crippen molar-refractivity contribution in [3.63, 3.8) is 0 Å². The highest BCUT2D eigenvalue weighted by Gasteiger charge is 2.26. The summed E-state index contributed by atoms with van der Waals surface area (Å²) in [6, 6.07) is 17.5. The number of halogens is 1. The molecule has 0 saturated carbocycles. The number of nitrogens with zero attached hydrogens (tertiary/aromatic N) is 4. The van der Waals surface area contributed by atoms with Gasteiger partial charge in [-0.1, -0.05) is 30.3 Å². The Hall–Kier alpha value is -3.74. The first kappa shape index (κ1) is 17.4. The van der Waals surface area contributed by atoms with E-state index in [2.05, 4.69) is 15.3 Å². The molecule has 6 nitrogen and oxygen atoms in total. The van der Waals surface area contributed by atoms with Crippen LogP contribution in [0.3, 0.4) is 0 Å². The van der Waals surface area contributed by atoms with Crippen LogP contribution in [-0.2, 0) is 13.1 Å². The Bertz CT molecular complexity index is 1230. The smallest absolute Gasteiger partial charge is 0.275 e. The Morgan fingerprint density at radius 3 is 2.48 bits per heavy atom. The summed E-state index contributed by atoms with van der Waals surface area (Å²) < 4.78 is 17.1. The van der Waals surface area contributed by atoms with Crippen LogP contribution in [0.25, 0.3) is 22.5 Å². The predicted octanol–water partition coefficient (Wildman–Crippen LogP) is 4.06. The van der Waals surface area contributed by atoms with Crippen molar-refractivity contribution >= 4 is 11.6 Å². The fraction of sp³-hybridized carbons (Fsp3) is 0.136. The van der Waals surface area contributed by atoms with E-state index in [1.54, 1.807) is 29.1 Å². The first-order chi connectivity index (χ1) is 14.2. The van der Waals surface area contributed by atoms with E-state index >= 15 is 0 Å². The summed E-state index contributed by atoms with van der Waals surface area (Å²) in [5.41, 5.74) is 3.39. The molecule has 0 amide bonds. The molecule has 0 unspecified atom stereocenters. The molecule has 0 saturated heterocycles. The Labute approximate surface area is 166 Å². The van der Waals surface area contributed by atoms with Crippen LogP contribution in [-0.4, -0.2) is 19.3 Å². The molecule has 29 heavy (non-hydrogen) atoms. The lowest BCUT2D eigenvalue weighted by Gasteiger charge is -2.10. The van der Waals surface area contributed by atoms with Gasteiger partial charge in [-0.2, -0.15) is 0 Å². The highest BCUT2D eigenvalue weighted by Crippen LogP contribution is 2.32. The fourth-order valence-electron chi connectivity index (χ4n) is 3.75. The second kappa shape index (κ2) is 7.01. The van der Waals surface area contributed by atoms with Crippen molar-refractivity contribution in [3.8, 4) is 22.5 Å². The number of hydrogen-bond acceptors (Lipinski definition) is 4. The number of anilines is 2. The van der Waals surface area contributed by atoms with Gasteiger partial charge in [0.25, 0.3) is 5.56 Å². The van der Waals surface area contributed by atoms with Crippen LogP contribution in [0.5, 0.6) is 0 Å². The van der Waals surface area contributed by atoms with Crippen LogP contribution < -0.4 is 10.9 Å². The minimum absolute atomic E-state index is 0.0831. The molecule has 1 N–H and O–H groups in total. The van der Waals surface area contributed by atoms with Crippen LogP contribution in [0.1, 0.15) is 6.42 Å². The van der Waals surface area contributed by atoms with Gasteiger partial charge in [0.15, 0.2) is 0 Å². The summed E-state index contributed by atoms with van der Waals surface area (Å²) in [6.45, 7) is 1.39. The van der Waals surface area contributed by atoms with Gasteiger partial charge in [0.2, 0.25) is 5.95 Å². The number of rotatable bonds is 4. The SMILES string of the molecule is O=c1c(-c2ccc(F)cc2)c(-c2ccnc(Nc3ccccc3)n2)n2n1CCC2. The summed E-state index contributed by atoms with van der Waals surface area (Å²) in [5, 5.41) is 3.19. The van der Waals surface area contributed by atoms with E-state index in [4.69, 9.17) is 0 Å². The quantitative estimate of drug-likeness (QED) is 0.574. The van der Waals surface area contributed by atoms with Gasteiger partial charge in [-0.3, -0.25) is 9.48 Å². The van der Waals surface area contributed by atoms with Crippen LogP contribution in [0, 0.1) is 5.82 Å². The Kier molecular flexibility index (Phi) is 4.20. The summed E-state index contributed by atoms with van der Waals surface area (Å²) in [4.78, 5) is 22.1. The van der Waals surface area contributed by atoms with E-state index < -0.39 is 0 Å². The molecule has 0 bridgehead atoms. The van der Waals surface area contributed by atoms with Crippen molar-refractivity contribution in [2.75, 3.05) is 5.32 Å². The molecule has 0 atom stereocenters. The van der Waals surface area contributed by atoms with Gasteiger partial charge in [0, 0.05) is 25.0 Å². The zero-order valence-corrected chi connectivity index (χ0v) is 15.5. The van der Waals surface area contributed by atoms with Crippen LogP contribution in [0.2, 0.25) is 0 Å². The normalized spacial score (nSPS) is 12.7. The molecule has 5 rings (SSSR count). The second-order valence-corrected chi connectivity index (χ2v) is 6.89. The molecule has 0 spiro atoms. The van der Waals surface area contributed by atoms with Crippen LogP contribution >= 0.6 is 0 Å². The topological polar surface area (TPSA) is 64.7 Å². The van der Waals surface area contributed by atoms with Crippen molar-refractivity contribution in [2.45, 2.75) is 19.5 Å². The third-order valence-corrected chi connectivity index (χ3v) is 5.04. The number of nitrogens with one attached hydrogen (secondary N) is 1. The Balaban J connectivity index is 1.65. The summed E-state index contributed by atoms with van der Waals surface area (Å²) in [5.74, 6) is 0.114. The molecule has 1 aliphatic heterocycles. The lowest BCUT2D eigenvalue weighted by Crippen LogP contribution is -2.17. The molecule has 0 aliphatic carbocycles. The maximum atomic E-state index is 13.4. The van der Waals surface area contributed by atoms with Crippen molar-refractivity contribution in [1.29, 1.82) is 0 Å². The van der Waals surface area contributed by atoms with Crippen molar-refractivity contribution in [1.82, 2.24) is 19.3 Å². The highest BCUT2D eigenvalue weighted by molar-refractivity contribution is 5.79. The van der Waals surface area contributed by atoms with Crippen molar-refractivity contribution in [2.24, 2.45) is 0 Å². The van der Waals surface area contributed by atoms with Gasteiger partial charge < -0.3 is 5.32 Å². The molecule has 2 aromatic carbocycles. The summed E-state index contributed by atoms with van der Waals surface area (Å²) in [6.07, 6.45) is 2.57. The average Bonchev–Trinajstić information content (AvgIpc) is 3.32. The van der Waals surface area contributed by atoms with Gasteiger partial charge in [-0.05, 0) is 42.3 Å². The number of para-hydroxylation sites is 1. The summed E-state index contributed by atoms with van der Waals surface area (Å²) in [7, 11) is 0. The van der Waals surface area contributed by atoms with Gasteiger partial charge >= 0.3 is 0 Å². The largest absolute Gasteiger partial charge is 0.324 e. The molecular weight excluding hydrogens is 369 g/mol. The van der Waals surface area contributed by atoms with Gasteiger partial charge in [0.1, 0.15) is 5.82 Å². The molecule has 144 valence electrons. The molecule has 1 aliphatic rings. The molecule has 0 radical (unpaired) electrons. The Morgan fingerprint density at radius 1 is 0.931 bits per heavy atom. The number of fused-ring (bicyclic) bond motifs is 1. The maximum absolute atomic E-state index is 13.4. The van der Waals surface area contributed by atoms with E-state index in [0.717, 1.165) is 24.3 Å². The first-order valence-electron chi connectivity index (χ1n) is 9.46. The fourth-order valence-corrected chi connectivity index (χ4v) is 3.75. The first-order valence-corrected chi connectivity index (χ1v) is 9.46. The maximum Gasteiger partial charge on any atom is 0.275 e. The van der Waals surface area contributed by atoms with Crippen LogP contribution in [0.15, 0.2) is 71.7 Å².